The largest absolute Gasteiger partial charge is 0.295 e. The molecule has 1 atom stereocenters. The second kappa shape index (κ2) is 6.70. The highest BCUT2D eigenvalue weighted by atomic mass is 32.2. The highest BCUT2D eigenvalue weighted by Gasteiger charge is 2.38. The Balaban J connectivity index is 2.35. The molecule has 0 spiro atoms. The van der Waals surface area contributed by atoms with E-state index in [2.05, 4.69) is 0 Å². The molecule has 0 aromatic heterocycles. The van der Waals surface area contributed by atoms with Gasteiger partial charge in [0, 0.05) is 18.2 Å². The van der Waals surface area contributed by atoms with Crippen LogP contribution < -0.4 is 0 Å². The molecule has 1 saturated heterocycles. The van der Waals surface area contributed by atoms with Gasteiger partial charge in [0.2, 0.25) is 10.0 Å². The maximum Gasteiger partial charge on any atom is 0.243 e. The molecular weight excluding hydrogens is 338 g/mol. The van der Waals surface area contributed by atoms with E-state index in [9.17, 15) is 21.6 Å². The van der Waals surface area contributed by atoms with Crippen molar-refractivity contribution in [1.29, 1.82) is 0 Å². The molecule has 2 rings (SSSR count). The van der Waals surface area contributed by atoms with E-state index >= 15 is 0 Å². The van der Waals surface area contributed by atoms with Crippen molar-refractivity contribution < 1.29 is 21.6 Å². The van der Waals surface area contributed by atoms with Crippen molar-refractivity contribution in [1.82, 2.24) is 4.31 Å². The van der Waals surface area contributed by atoms with Gasteiger partial charge in [0.25, 0.3) is 0 Å². The summed E-state index contributed by atoms with van der Waals surface area (Å²) in [5.74, 6) is -0.240. The van der Waals surface area contributed by atoms with Crippen molar-refractivity contribution in [3.8, 4) is 0 Å². The van der Waals surface area contributed by atoms with Crippen molar-refractivity contribution in [3.05, 3.63) is 29.8 Å². The van der Waals surface area contributed by atoms with Crippen LogP contribution >= 0.6 is 0 Å². The van der Waals surface area contributed by atoms with Crippen LogP contribution in [0.5, 0.6) is 0 Å². The monoisotopic (exact) mass is 359 g/mol. The molecule has 1 fully saturated rings. The van der Waals surface area contributed by atoms with Gasteiger partial charge in [-0.15, -0.1) is 0 Å². The molecule has 8 heteroatoms. The summed E-state index contributed by atoms with van der Waals surface area (Å²) in [4.78, 5) is 11.4. The summed E-state index contributed by atoms with van der Waals surface area (Å²) in [5, 5.41) is 0. The SMILES string of the molecule is CCCN(C1CCS(=O)(=O)C1)S(=O)(=O)c1ccc(C(C)=O)cc1. The molecule has 0 bridgehead atoms. The first-order chi connectivity index (χ1) is 10.7. The van der Waals surface area contributed by atoms with E-state index in [0.717, 1.165) is 0 Å². The molecular formula is C15H21NO5S2. The molecule has 0 saturated carbocycles. The van der Waals surface area contributed by atoms with E-state index in [4.69, 9.17) is 0 Å². The van der Waals surface area contributed by atoms with Crippen molar-refractivity contribution in [2.45, 2.75) is 37.6 Å². The minimum atomic E-state index is -3.78. The van der Waals surface area contributed by atoms with E-state index < -0.39 is 25.9 Å². The number of sulfonamides is 1. The number of ketones is 1. The van der Waals surface area contributed by atoms with Crippen LogP contribution in [0.25, 0.3) is 0 Å². The number of benzene rings is 1. The van der Waals surface area contributed by atoms with Crippen LogP contribution in [0.15, 0.2) is 29.2 Å². The van der Waals surface area contributed by atoms with Crippen LogP contribution in [0.4, 0.5) is 0 Å². The molecule has 1 aromatic carbocycles. The number of rotatable bonds is 6. The van der Waals surface area contributed by atoms with Gasteiger partial charge in [-0.1, -0.05) is 19.1 Å². The van der Waals surface area contributed by atoms with Gasteiger partial charge in [0.05, 0.1) is 16.4 Å². The number of carbonyl (C=O) groups is 1. The Hall–Kier alpha value is -1.25. The first kappa shape index (κ1) is 18.1. The first-order valence-corrected chi connectivity index (χ1v) is 10.8. The molecule has 1 heterocycles. The van der Waals surface area contributed by atoms with Gasteiger partial charge in [0.1, 0.15) is 0 Å². The van der Waals surface area contributed by atoms with Crippen molar-refractivity contribution in [3.63, 3.8) is 0 Å². The van der Waals surface area contributed by atoms with Crippen molar-refractivity contribution in [2.75, 3.05) is 18.1 Å². The summed E-state index contributed by atoms with van der Waals surface area (Å²) >= 11 is 0. The van der Waals surface area contributed by atoms with Crippen LogP contribution in [-0.4, -0.2) is 51.0 Å². The Kier molecular flexibility index (Phi) is 5.27. The van der Waals surface area contributed by atoms with Gasteiger partial charge < -0.3 is 0 Å². The van der Waals surface area contributed by atoms with Crippen LogP contribution in [0.2, 0.25) is 0 Å². The van der Waals surface area contributed by atoms with Crippen molar-refractivity contribution >= 4 is 25.6 Å². The highest BCUT2D eigenvalue weighted by Crippen LogP contribution is 2.25. The lowest BCUT2D eigenvalue weighted by Gasteiger charge is -2.27. The maximum atomic E-state index is 12.8. The van der Waals surface area contributed by atoms with E-state index in [1.807, 2.05) is 6.92 Å². The number of hydrogen-bond donors (Lipinski definition) is 0. The minimum Gasteiger partial charge on any atom is -0.295 e. The predicted molar refractivity (Wildman–Crippen MR) is 87.7 cm³/mol. The summed E-state index contributed by atoms with van der Waals surface area (Å²) in [5.41, 5.74) is 0.439. The van der Waals surface area contributed by atoms with Crippen molar-refractivity contribution in [2.24, 2.45) is 0 Å². The lowest BCUT2D eigenvalue weighted by atomic mass is 10.2. The fourth-order valence-electron chi connectivity index (χ4n) is 2.72. The predicted octanol–water partition coefficient (Wildman–Crippen LogP) is 1.48. The topological polar surface area (TPSA) is 88.6 Å². The highest BCUT2D eigenvalue weighted by molar-refractivity contribution is 7.92. The average Bonchev–Trinajstić information content (AvgIpc) is 2.84. The van der Waals surface area contributed by atoms with Gasteiger partial charge in [0.15, 0.2) is 15.6 Å². The number of nitrogens with zero attached hydrogens (tertiary/aromatic N) is 1. The third-order valence-electron chi connectivity index (χ3n) is 3.93. The van der Waals surface area contributed by atoms with Crippen LogP contribution in [0, 0.1) is 0 Å². The van der Waals surface area contributed by atoms with Gasteiger partial charge >= 0.3 is 0 Å². The summed E-state index contributed by atoms with van der Waals surface area (Å²) < 4.78 is 50.3. The molecule has 128 valence electrons. The fraction of sp³-hybridized carbons (Fsp3) is 0.533. The van der Waals surface area contributed by atoms with Gasteiger partial charge in [-0.3, -0.25) is 4.79 Å². The molecule has 1 aliphatic heterocycles. The zero-order valence-electron chi connectivity index (χ0n) is 13.2. The minimum absolute atomic E-state index is 0.0245. The Morgan fingerprint density at radius 3 is 2.30 bits per heavy atom. The Labute approximate surface area is 137 Å². The lowest BCUT2D eigenvalue weighted by Crippen LogP contribution is -2.41. The normalized spacial score (nSPS) is 20.7. The first-order valence-electron chi connectivity index (χ1n) is 7.50. The molecule has 0 radical (unpaired) electrons. The third-order valence-corrected chi connectivity index (χ3v) is 7.64. The smallest absolute Gasteiger partial charge is 0.243 e. The number of carbonyl (C=O) groups excluding carboxylic acids is 1. The van der Waals surface area contributed by atoms with Gasteiger partial charge in [-0.25, -0.2) is 16.8 Å². The Bertz CT molecular complexity index is 782. The molecule has 23 heavy (non-hydrogen) atoms. The zero-order chi connectivity index (χ0) is 17.3. The maximum absolute atomic E-state index is 12.8. The molecule has 1 aliphatic rings. The van der Waals surface area contributed by atoms with Gasteiger partial charge in [-0.05, 0) is 31.9 Å². The zero-order valence-corrected chi connectivity index (χ0v) is 14.9. The van der Waals surface area contributed by atoms with E-state index in [0.29, 0.717) is 18.4 Å². The van der Waals surface area contributed by atoms with Crippen LogP contribution in [-0.2, 0) is 19.9 Å². The lowest BCUT2D eigenvalue weighted by molar-refractivity contribution is 0.101. The second-order valence-corrected chi connectivity index (χ2v) is 9.87. The molecule has 1 aromatic rings. The molecule has 0 aliphatic carbocycles. The number of hydrogen-bond acceptors (Lipinski definition) is 5. The summed E-state index contributed by atoms with van der Waals surface area (Å²) in [6, 6.07) is 5.24. The van der Waals surface area contributed by atoms with E-state index in [-0.39, 0.29) is 28.7 Å². The quantitative estimate of drug-likeness (QED) is 0.718. The Morgan fingerprint density at radius 1 is 1.26 bits per heavy atom. The summed E-state index contributed by atoms with van der Waals surface area (Å²) in [6.45, 7) is 3.54. The van der Waals surface area contributed by atoms with Gasteiger partial charge in [-0.2, -0.15) is 4.31 Å². The fourth-order valence-corrected chi connectivity index (χ4v) is 6.29. The van der Waals surface area contributed by atoms with Crippen LogP contribution in [0.3, 0.4) is 0 Å². The van der Waals surface area contributed by atoms with E-state index in [1.54, 1.807) is 0 Å². The van der Waals surface area contributed by atoms with E-state index in [1.165, 1.54) is 35.5 Å². The third kappa shape index (κ3) is 3.99. The molecule has 0 N–H and O–H groups in total. The number of Topliss-reactive ketones (excluding diaryl/α,β-unsaturated/α-hetero) is 1. The molecule has 6 nitrogen and oxygen atoms in total. The molecule has 1 unspecified atom stereocenters. The molecule has 0 amide bonds. The summed E-state index contributed by atoms with van der Waals surface area (Å²) in [6.07, 6.45) is 0.925. The standard InChI is InChI=1S/C15H21NO5S2/c1-3-9-16(14-8-10-22(18,19)11-14)23(20,21)15-6-4-13(5-7-15)12(2)17/h4-7,14H,3,8-11H2,1-2H3. The average molecular weight is 359 g/mol. The second-order valence-electron chi connectivity index (χ2n) is 5.75. The number of sulfone groups is 1. The Morgan fingerprint density at radius 2 is 1.87 bits per heavy atom. The summed E-state index contributed by atoms with van der Waals surface area (Å²) in [7, 11) is -6.95. The van der Waals surface area contributed by atoms with Crippen LogP contribution in [0.1, 0.15) is 37.0 Å².